The topological polar surface area (TPSA) is 63.5 Å². The third-order valence-electron chi connectivity index (χ3n) is 4.60. The molecule has 1 aromatic heterocycles. The van der Waals surface area contributed by atoms with E-state index in [0.29, 0.717) is 24.6 Å². The zero-order valence-electron chi connectivity index (χ0n) is 17.7. The minimum atomic E-state index is -2.87. The summed E-state index contributed by atoms with van der Waals surface area (Å²) in [6, 6.07) is 15.2. The molecular formula is C23H27F2N5O. The van der Waals surface area contributed by atoms with E-state index in [2.05, 4.69) is 42.0 Å². The minimum absolute atomic E-state index is 0.138. The standard InChI is InChI=1S/C23H27F2N5O/c1-3-26-23(28-14-19-13-17(2)9-10-20(19)31-22(24)25)29-15-21-27-11-12-30(21)16-18-7-5-4-6-8-18/h4-13,22H,3,14-16H2,1-2H3,(H2,26,28,29). The molecule has 0 aliphatic heterocycles. The Morgan fingerprint density at radius 2 is 1.97 bits per heavy atom. The van der Waals surface area contributed by atoms with E-state index in [1.54, 1.807) is 24.4 Å². The molecule has 1 heterocycles. The van der Waals surface area contributed by atoms with Crippen LogP contribution in [0.4, 0.5) is 8.78 Å². The molecule has 0 fully saturated rings. The van der Waals surface area contributed by atoms with Crippen molar-refractivity contribution in [2.24, 2.45) is 4.99 Å². The average molecular weight is 427 g/mol. The lowest BCUT2D eigenvalue weighted by Crippen LogP contribution is -2.37. The lowest BCUT2D eigenvalue weighted by atomic mass is 10.1. The molecule has 8 heteroatoms. The van der Waals surface area contributed by atoms with Gasteiger partial charge < -0.3 is 19.9 Å². The predicted molar refractivity (Wildman–Crippen MR) is 117 cm³/mol. The molecule has 0 amide bonds. The highest BCUT2D eigenvalue weighted by molar-refractivity contribution is 5.79. The SMILES string of the molecule is CCNC(=NCc1cc(C)ccc1OC(F)F)NCc1nccn1Cc1ccccc1. The van der Waals surface area contributed by atoms with Crippen LogP contribution in [0.25, 0.3) is 0 Å². The van der Waals surface area contributed by atoms with Gasteiger partial charge in [-0.25, -0.2) is 9.98 Å². The highest BCUT2D eigenvalue weighted by Crippen LogP contribution is 2.23. The Labute approximate surface area is 181 Å². The van der Waals surface area contributed by atoms with E-state index in [1.807, 2.05) is 38.2 Å². The molecule has 0 aliphatic carbocycles. The number of aryl methyl sites for hydroxylation is 1. The predicted octanol–water partition coefficient (Wildman–Crippen LogP) is 4.10. The van der Waals surface area contributed by atoms with Crippen molar-refractivity contribution in [2.75, 3.05) is 6.54 Å². The summed E-state index contributed by atoms with van der Waals surface area (Å²) >= 11 is 0. The summed E-state index contributed by atoms with van der Waals surface area (Å²) in [6.45, 7) is 3.06. The summed E-state index contributed by atoms with van der Waals surface area (Å²) in [7, 11) is 0. The van der Waals surface area contributed by atoms with Gasteiger partial charge in [0.1, 0.15) is 11.6 Å². The molecule has 3 rings (SSSR count). The largest absolute Gasteiger partial charge is 0.434 e. The maximum absolute atomic E-state index is 12.7. The molecule has 164 valence electrons. The number of ether oxygens (including phenoxy) is 1. The Morgan fingerprint density at radius 1 is 1.16 bits per heavy atom. The highest BCUT2D eigenvalue weighted by atomic mass is 19.3. The van der Waals surface area contributed by atoms with Crippen molar-refractivity contribution in [2.45, 2.75) is 40.1 Å². The van der Waals surface area contributed by atoms with Gasteiger partial charge in [-0.1, -0.05) is 48.0 Å². The van der Waals surface area contributed by atoms with Crippen LogP contribution in [0.1, 0.15) is 29.4 Å². The van der Waals surface area contributed by atoms with Crippen LogP contribution in [0.3, 0.4) is 0 Å². The summed E-state index contributed by atoms with van der Waals surface area (Å²) < 4.78 is 32.1. The lowest BCUT2D eigenvalue weighted by Gasteiger charge is -2.14. The number of rotatable bonds is 9. The molecule has 6 nitrogen and oxygen atoms in total. The normalized spacial score (nSPS) is 11.6. The fourth-order valence-electron chi connectivity index (χ4n) is 3.14. The quantitative estimate of drug-likeness (QED) is 0.399. The van der Waals surface area contributed by atoms with Crippen molar-refractivity contribution in [3.8, 4) is 5.75 Å². The number of nitrogens with zero attached hydrogens (tertiary/aromatic N) is 3. The van der Waals surface area contributed by atoms with E-state index in [9.17, 15) is 8.78 Å². The molecule has 0 bridgehead atoms. The number of aromatic nitrogens is 2. The smallest absolute Gasteiger partial charge is 0.387 e. The summed E-state index contributed by atoms with van der Waals surface area (Å²) in [5.41, 5.74) is 2.74. The number of nitrogens with one attached hydrogen (secondary N) is 2. The lowest BCUT2D eigenvalue weighted by molar-refractivity contribution is -0.0504. The first-order valence-corrected chi connectivity index (χ1v) is 10.2. The molecule has 31 heavy (non-hydrogen) atoms. The molecule has 0 atom stereocenters. The van der Waals surface area contributed by atoms with Crippen molar-refractivity contribution in [1.82, 2.24) is 20.2 Å². The number of guanidine groups is 1. The van der Waals surface area contributed by atoms with E-state index in [1.165, 1.54) is 5.56 Å². The van der Waals surface area contributed by atoms with Crippen LogP contribution >= 0.6 is 0 Å². The summed E-state index contributed by atoms with van der Waals surface area (Å²) in [4.78, 5) is 8.97. The van der Waals surface area contributed by atoms with Crippen molar-refractivity contribution in [3.05, 3.63) is 83.4 Å². The molecular weight excluding hydrogens is 400 g/mol. The molecule has 0 unspecified atom stereocenters. The Balaban J connectivity index is 1.68. The zero-order chi connectivity index (χ0) is 22.1. The Bertz CT molecular complexity index is 989. The zero-order valence-corrected chi connectivity index (χ0v) is 17.7. The number of imidazole rings is 1. The van der Waals surface area contributed by atoms with Gasteiger partial charge in [0.15, 0.2) is 5.96 Å². The van der Waals surface area contributed by atoms with Gasteiger partial charge in [0, 0.05) is 31.0 Å². The fourth-order valence-corrected chi connectivity index (χ4v) is 3.14. The number of benzene rings is 2. The Morgan fingerprint density at radius 3 is 2.71 bits per heavy atom. The molecule has 0 saturated carbocycles. The Hall–Kier alpha value is -3.42. The van der Waals surface area contributed by atoms with Crippen molar-refractivity contribution in [1.29, 1.82) is 0 Å². The second-order valence-corrected chi connectivity index (χ2v) is 7.00. The van der Waals surface area contributed by atoms with Crippen LogP contribution < -0.4 is 15.4 Å². The first kappa shape index (κ1) is 22.3. The van der Waals surface area contributed by atoms with Gasteiger partial charge in [-0.05, 0) is 25.5 Å². The Kier molecular flexibility index (Phi) is 7.98. The average Bonchev–Trinajstić information content (AvgIpc) is 3.19. The molecule has 0 spiro atoms. The number of hydrogen-bond donors (Lipinski definition) is 2. The van der Waals surface area contributed by atoms with Crippen LogP contribution in [0, 0.1) is 6.92 Å². The molecule has 0 radical (unpaired) electrons. The first-order chi connectivity index (χ1) is 15.0. The fraction of sp³-hybridized carbons (Fsp3) is 0.304. The van der Waals surface area contributed by atoms with Gasteiger partial charge in [-0.2, -0.15) is 8.78 Å². The summed E-state index contributed by atoms with van der Waals surface area (Å²) in [5.74, 6) is 1.58. The van der Waals surface area contributed by atoms with E-state index < -0.39 is 6.61 Å². The third kappa shape index (κ3) is 6.80. The van der Waals surface area contributed by atoms with Gasteiger partial charge >= 0.3 is 6.61 Å². The van der Waals surface area contributed by atoms with Crippen LogP contribution in [0.15, 0.2) is 65.9 Å². The molecule has 2 aromatic carbocycles. The van der Waals surface area contributed by atoms with Crippen molar-refractivity contribution < 1.29 is 13.5 Å². The molecule has 0 saturated heterocycles. The van der Waals surface area contributed by atoms with Crippen LogP contribution in [0.2, 0.25) is 0 Å². The first-order valence-electron chi connectivity index (χ1n) is 10.2. The number of halogens is 2. The third-order valence-corrected chi connectivity index (χ3v) is 4.60. The molecule has 3 aromatic rings. The van der Waals surface area contributed by atoms with E-state index in [0.717, 1.165) is 17.9 Å². The van der Waals surface area contributed by atoms with Gasteiger partial charge in [0.05, 0.1) is 13.1 Å². The monoisotopic (exact) mass is 427 g/mol. The van der Waals surface area contributed by atoms with E-state index in [4.69, 9.17) is 0 Å². The number of alkyl halides is 2. The van der Waals surface area contributed by atoms with Crippen molar-refractivity contribution in [3.63, 3.8) is 0 Å². The second kappa shape index (κ2) is 11.1. The number of hydrogen-bond acceptors (Lipinski definition) is 3. The van der Waals surface area contributed by atoms with Gasteiger partial charge in [0.25, 0.3) is 0 Å². The molecule has 0 aliphatic rings. The summed E-state index contributed by atoms with van der Waals surface area (Å²) in [6.07, 6.45) is 3.71. The summed E-state index contributed by atoms with van der Waals surface area (Å²) in [5, 5.41) is 6.43. The van der Waals surface area contributed by atoms with E-state index >= 15 is 0 Å². The van der Waals surface area contributed by atoms with Gasteiger partial charge in [-0.15, -0.1) is 0 Å². The van der Waals surface area contributed by atoms with Crippen LogP contribution in [-0.4, -0.2) is 28.7 Å². The minimum Gasteiger partial charge on any atom is -0.434 e. The maximum atomic E-state index is 12.7. The van der Waals surface area contributed by atoms with Crippen LogP contribution in [0.5, 0.6) is 5.75 Å². The second-order valence-electron chi connectivity index (χ2n) is 7.00. The highest BCUT2D eigenvalue weighted by Gasteiger charge is 2.10. The number of aliphatic imine (C=N–C) groups is 1. The molecule has 2 N–H and O–H groups in total. The van der Waals surface area contributed by atoms with Gasteiger partial charge in [0.2, 0.25) is 0 Å². The maximum Gasteiger partial charge on any atom is 0.387 e. The van der Waals surface area contributed by atoms with Crippen LogP contribution in [-0.2, 0) is 19.6 Å². The van der Waals surface area contributed by atoms with E-state index in [-0.39, 0.29) is 12.3 Å². The van der Waals surface area contributed by atoms with Crippen molar-refractivity contribution >= 4 is 5.96 Å². The van der Waals surface area contributed by atoms with Gasteiger partial charge in [-0.3, -0.25) is 0 Å².